The molecule has 0 bridgehead atoms. The van der Waals surface area contributed by atoms with Gasteiger partial charge in [-0.2, -0.15) is 0 Å². The van der Waals surface area contributed by atoms with Crippen molar-refractivity contribution in [2.75, 3.05) is 26.7 Å². The lowest BCUT2D eigenvalue weighted by molar-refractivity contribution is -0.0492. The van der Waals surface area contributed by atoms with Gasteiger partial charge in [-0.3, -0.25) is 4.90 Å². The van der Waals surface area contributed by atoms with E-state index in [1.165, 1.54) is 32.1 Å². The zero-order valence-corrected chi connectivity index (χ0v) is 14.2. The fourth-order valence-corrected chi connectivity index (χ4v) is 5.12. The Balaban J connectivity index is 2.13. The Kier molecular flexibility index (Phi) is 4.54. The number of hydrogen-bond donors (Lipinski definition) is 1. The molecule has 0 amide bonds. The molecule has 0 aromatic carbocycles. The number of ether oxygens (including phenoxy) is 1. The van der Waals surface area contributed by atoms with Crippen molar-refractivity contribution >= 4 is 0 Å². The summed E-state index contributed by atoms with van der Waals surface area (Å²) in [4.78, 5) is 2.52. The highest BCUT2D eigenvalue weighted by Crippen LogP contribution is 2.51. The molecule has 1 aliphatic heterocycles. The maximum absolute atomic E-state index is 6.27. The molecule has 1 saturated heterocycles. The highest BCUT2D eigenvalue weighted by atomic mass is 16.5. The van der Waals surface area contributed by atoms with Gasteiger partial charge in [0.25, 0.3) is 0 Å². The fraction of sp³-hybridized carbons (Fsp3) is 1.00. The Bertz CT molecular complexity index is 316. The van der Waals surface area contributed by atoms with Crippen LogP contribution >= 0.6 is 0 Å². The molecule has 2 rings (SSSR count). The minimum absolute atomic E-state index is 0.136. The molecule has 3 nitrogen and oxygen atoms in total. The van der Waals surface area contributed by atoms with Crippen molar-refractivity contribution in [1.82, 2.24) is 4.90 Å². The second kappa shape index (κ2) is 5.58. The molecule has 2 fully saturated rings. The summed E-state index contributed by atoms with van der Waals surface area (Å²) in [5.74, 6) is 0. The topological polar surface area (TPSA) is 38.5 Å². The van der Waals surface area contributed by atoms with Crippen LogP contribution in [0.3, 0.4) is 0 Å². The van der Waals surface area contributed by atoms with Gasteiger partial charge in [-0.1, -0.05) is 27.7 Å². The Labute approximate surface area is 125 Å². The molecule has 3 heteroatoms. The standard InChI is InChI=1S/C17H34N2O/c1-15(2)10-16(3,4)12-17(11-15,13-18)19(5)9-14-7-6-8-20-14/h14H,6-13,18H2,1-5H3. The van der Waals surface area contributed by atoms with E-state index in [1.54, 1.807) is 0 Å². The minimum Gasteiger partial charge on any atom is -0.377 e. The Hall–Kier alpha value is -0.120. The predicted molar refractivity (Wildman–Crippen MR) is 84.8 cm³/mol. The molecular formula is C17H34N2O. The van der Waals surface area contributed by atoms with Gasteiger partial charge in [0, 0.05) is 25.2 Å². The van der Waals surface area contributed by atoms with Gasteiger partial charge in [0.1, 0.15) is 0 Å². The van der Waals surface area contributed by atoms with Gasteiger partial charge in [-0.05, 0) is 50.0 Å². The van der Waals surface area contributed by atoms with E-state index in [0.29, 0.717) is 16.9 Å². The van der Waals surface area contributed by atoms with Crippen LogP contribution in [0.2, 0.25) is 0 Å². The van der Waals surface area contributed by atoms with Gasteiger partial charge in [0.05, 0.1) is 6.10 Å². The maximum Gasteiger partial charge on any atom is 0.0702 e. The van der Waals surface area contributed by atoms with Crippen molar-refractivity contribution < 1.29 is 4.74 Å². The number of hydrogen-bond acceptors (Lipinski definition) is 3. The smallest absolute Gasteiger partial charge is 0.0702 e. The summed E-state index contributed by atoms with van der Waals surface area (Å²) in [5.41, 5.74) is 7.14. The average Bonchev–Trinajstić information content (AvgIpc) is 2.77. The maximum atomic E-state index is 6.27. The molecular weight excluding hydrogens is 248 g/mol. The molecule has 1 atom stereocenters. The van der Waals surface area contributed by atoms with Crippen LogP contribution in [0.1, 0.15) is 59.8 Å². The van der Waals surface area contributed by atoms with Gasteiger partial charge in [0.15, 0.2) is 0 Å². The van der Waals surface area contributed by atoms with Crippen molar-refractivity contribution in [3.63, 3.8) is 0 Å². The van der Waals surface area contributed by atoms with Gasteiger partial charge < -0.3 is 10.5 Å². The lowest BCUT2D eigenvalue weighted by Crippen LogP contribution is -2.60. The molecule has 118 valence electrons. The Morgan fingerprint density at radius 3 is 2.15 bits per heavy atom. The van der Waals surface area contributed by atoms with Crippen molar-refractivity contribution in [3.05, 3.63) is 0 Å². The highest BCUT2D eigenvalue weighted by molar-refractivity contribution is 5.04. The minimum atomic E-state index is 0.136. The van der Waals surface area contributed by atoms with E-state index in [2.05, 4.69) is 39.6 Å². The predicted octanol–water partition coefficient (Wildman–Crippen LogP) is 3.03. The van der Waals surface area contributed by atoms with Crippen LogP contribution in [-0.4, -0.2) is 43.3 Å². The summed E-state index contributed by atoms with van der Waals surface area (Å²) < 4.78 is 5.83. The molecule has 2 aliphatic rings. The molecule has 1 unspecified atom stereocenters. The Morgan fingerprint density at radius 1 is 1.10 bits per heavy atom. The van der Waals surface area contributed by atoms with Gasteiger partial charge >= 0.3 is 0 Å². The van der Waals surface area contributed by atoms with Crippen molar-refractivity contribution in [2.24, 2.45) is 16.6 Å². The second-order valence-electron chi connectivity index (χ2n) is 8.80. The van der Waals surface area contributed by atoms with Crippen LogP contribution in [0, 0.1) is 10.8 Å². The van der Waals surface area contributed by atoms with E-state index in [9.17, 15) is 0 Å². The largest absolute Gasteiger partial charge is 0.377 e. The number of nitrogens with zero attached hydrogens (tertiary/aromatic N) is 1. The highest BCUT2D eigenvalue weighted by Gasteiger charge is 2.49. The van der Waals surface area contributed by atoms with Gasteiger partial charge in [0.2, 0.25) is 0 Å². The third-order valence-electron chi connectivity index (χ3n) is 5.26. The van der Waals surface area contributed by atoms with Crippen molar-refractivity contribution in [3.8, 4) is 0 Å². The summed E-state index contributed by atoms with van der Waals surface area (Å²) in [6, 6.07) is 0. The lowest BCUT2D eigenvalue weighted by Gasteiger charge is -2.55. The molecule has 1 aliphatic carbocycles. The zero-order valence-electron chi connectivity index (χ0n) is 14.2. The molecule has 20 heavy (non-hydrogen) atoms. The van der Waals surface area contributed by atoms with E-state index in [0.717, 1.165) is 19.7 Å². The number of nitrogens with two attached hydrogens (primary N) is 1. The first kappa shape index (κ1) is 16.3. The normalized spacial score (nSPS) is 31.6. The summed E-state index contributed by atoms with van der Waals surface area (Å²) in [5, 5.41) is 0. The van der Waals surface area contributed by atoms with Crippen LogP contribution in [0.15, 0.2) is 0 Å². The third-order valence-corrected chi connectivity index (χ3v) is 5.26. The number of likely N-dealkylation sites (N-methyl/N-ethyl adjacent to an activating group) is 1. The van der Waals surface area contributed by atoms with Crippen molar-refractivity contribution in [1.29, 1.82) is 0 Å². The van der Waals surface area contributed by atoms with E-state index in [-0.39, 0.29) is 5.54 Å². The van der Waals surface area contributed by atoms with E-state index >= 15 is 0 Å². The molecule has 1 heterocycles. The molecule has 0 radical (unpaired) electrons. The monoisotopic (exact) mass is 282 g/mol. The summed E-state index contributed by atoms with van der Waals surface area (Å²) in [7, 11) is 2.26. The third kappa shape index (κ3) is 3.55. The van der Waals surface area contributed by atoms with Crippen LogP contribution in [-0.2, 0) is 4.74 Å². The first-order valence-corrected chi connectivity index (χ1v) is 8.21. The van der Waals surface area contributed by atoms with Gasteiger partial charge in [-0.15, -0.1) is 0 Å². The summed E-state index contributed by atoms with van der Waals surface area (Å²) >= 11 is 0. The zero-order chi connectivity index (χ0) is 15.0. The summed E-state index contributed by atoms with van der Waals surface area (Å²) in [6.45, 7) is 12.3. The Morgan fingerprint density at radius 2 is 1.70 bits per heavy atom. The van der Waals surface area contributed by atoms with E-state index in [4.69, 9.17) is 10.5 Å². The van der Waals surface area contributed by atoms with Crippen LogP contribution in [0.5, 0.6) is 0 Å². The van der Waals surface area contributed by atoms with Crippen molar-refractivity contribution in [2.45, 2.75) is 71.4 Å². The van der Waals surface area contributed by atoms with Crippen LogP contribution < -0.4 is 5.73 Å². The quantitative estimate of drug-likeness (QED) is 0.861. The summed E-state index contributed by atoms with van der Waals surface area (Å²) in [6.07, 6.45) is 6.52. The van der Waals surface area contributed by atoms with Crippen LogP contribution in [0.4, 0.5) is 0 Å². The fourth-order valence-electron chi connectivity index (χ4n) is 5.12. The second-order valence-corrected chi connectivity index (χ2v) is 8.80. The number of rotatable bonds is 4. The van der Waals surface area contributed by atoms with Crippen LogP contribution in [0.25, 0.3) is 0 Å². The lowest BCUT2D eigenvalue weighted by atomic mass is 9.58. The first-order chi connectivity index (χ1) is 9.18. The molecule has 0 aromatic heterocycles. The van der Waals surface area contributed by atoms with Gasteiger partial charge in [-0.25, -0.2) is 0 Å². The molecule has 1 saturated carbocycles. The molecule has 2 N–H and O–H groups in total. The SMILES string of the molecule is CN(CC1CCCO1)C1(CN)CC(C)(C)CC(C)(C)C1. The van der Waals surface area contributed by atoms with E-state index < -0.39 is 0 Å². The first-order valence-electron chi connectivity index (χ1n) is 8.21. The molecule has 0 spiro atoms. The molecule has 0 aromatic rings. The van der Waals surface area contributed by atoms with E-state index in [1.807, 2.05) is 0 Å². The average molecular weight is 282 g/mol.